The molecule has 1 N–H and O–H groups in total. The number of rotatable bonds is 4. The molecule has 0 saturated heterocycles. The third kappa shape index (κ3) is 6.55. The lowest BCUT2D eigenvalue weighted by molar-refractivity contribution is -0.115. The second-order valence-corrected chi connectivity index (χ2v) is 8.96. The van der Waals surface area contributed by atoms with Crippen molar-refractivity contribution in [1.82, 2.24) is 9.80 Å². The van der Waals surface area contributed by atoms with Gasteiger partial charge in [0.1, 0.15) is 12.4 Å². The minimum absolute atomic E-state index is 0.0751. The Morgan fingerprint density at radius 2 is 1.85 bits per heavy atom. The van der Waals surface area contributed by atoms with Crippen LogP contribution in [-0.4, -0.2) is 74.7 Å². The van der Waals surface area contributed by atoms with Crippen molar-refractivity contribution in [2.24, 2.45) is 5.92 Å². The van der Waals surface area contributed by atoms with Gasteiger partial charge in [0, 0.05) is 45.0 Å². The van der Waals surface area contributed by atoms with Crippen LogP contribution >= 0.6 is 0 Å². The average Bonchev–Trinajstić information content (AvgIpc) is 2.80. The number of carbonyl (C=O) groups excluding carboxylic acids is 2. The summed E-state index contributed by atoms with van der Waals surface area (Å²) in [4.78, 5) is 29.7. The number of anilines is 1. The molecule has 1 aliphatic heterocycles. The Balaban J connectivity index is 1.84. The molecule has 7 heteroatoms. The van der Waals surface area contributed by atoms with Crippen LogP contribution in [0.2, 0.25) is 0 Å². The van der Waals surface area contributed by atoms with E-state index >= 15 is 0 Å². The maximum Gasteiger partial charge on any atom is 0.257 e. The highest BCUT2D eigenvalue weighted by molar-refractivity contribution is 5.98. The standard InChI is InChI=1S/C26H35N3O4/c1-18-15-28(3)19(2)17-33-23-14-21(27-25(30)13-20-9-7-6-8-10-20)11-12-22(23)26(31)29(4)16-24(18)32-5/h6-12,14,18-19,24H,13,15-17H2,1-5H3,(H,27,30)/t18-,19+,24-/m0/s1. The summed E-state index contributed by atoms with van der Waals surface area (Å²) in [5.41, 5.74) is 2.01. The van der Waals surface area contributed by atoms with E-state index in [1.54, 1.807) is 37.3 Å². The molecule has 0 aliphatic carbocycles. The fourth-order valence-electron chi connectivity index (χ4n) is 4.02. The van der Waals surface area contributed by atoms with E-state index in [0.29, 0.717) is 30.2 Å². The van der Waals surface area contributed by atoms with Crippen LogP contribution < -0.4 is 10.1 Å². The minimum atomic E-state index is -0.136. The number of nitrogens with one attached hydrogen (secondary N) is 1. The molecule has 2 aromatic carbocycles. The van der Waals surface area contributed by atoms with E-state index in [-0.39, 0.29) is 36.3 Å². The minimum Gasteiger partial charge on any atom is -0.491 e. The quantitative estimate of drug-likeness (QED) is 0.769. The normalized spacial score (nSPS) is 22.5. The SMILES string of the molecule is CO[C@H]1CN(C)C(=O)c2ccc(NC(=O)Cc3ccccc3)cc2OC[C@@H](C)N(C)C[C@@H]1C. The summed E-state index contributed by atoms with van der Waals surface area (Å²) < 4.78 is 11.8. The van der Waals surface area contributed by atoms with Crippen molar-refractivity contribution in [3.8, 4) is 5.75 Å². The van der Waals surface area contributed by atoms with Crippen LogP contribution in [0.4, 0.5) is 5.69 Å². The number of hydrogen-bond donors (Lipinski definition) is 1. The van der Waals surface area contributed by atoms with E-state index in [2.05, 4.69) is 31.1 Å². The van der Waals surface area contributed by atoms with Crippen molar-refractivity contribution >= 4 is 17.5 Å². The molecule has 0 bridgehead atoms. The van der Waals surface area contributed by atoms with E-state index in [1.165, 1.54) is 0 Å². The van der Waals surface area contributed by atoms with Gasteiger partial charge >= 0.3 is 0 Å². The summed E-state index contributed by atoms with van der Waals surface area (Å²) in [6.45, 7) is 5.97. The summed E-state index contributed by atoms with van der Waals surface area (Å²) in [5, 5.41) is 2.92. The average molecular weight is 454 g/mol. The summed E-state index contributed by atoms with van der Waals surface area (Å²) in [6, 6.07) is 14.9. The number of ether oxygens (including phenoxy) is 2. The van der Waals surface area contributed by atoms with Crippen LogP contribution in [0.3, 0.4) is 0 Å². The molecule has 3 atom stereocenters. The van der Waals surface area contributed by atoms with Gasteiger partial charge in [0.2, 0.25) is 5.91 Å². The fraction of sp³-hybridized carbons (Fsp3) is 0.462. The van der Waals surface area contributed by atoms with Crippen LogP contribution in [0, 0.1) is 5.92 Å². The maximum atomic E-state index is 13.2. The van der Waals surface area contributed by atoms with Gasteiger partial charge in [0.15, 0.2) is 0 Å². The van der Waals surface area contributed by atoms with Gasteiger partial charge in [-0.15, -0.1) is 0 Å². The zero-order valence-electron chi connectivity index (χ0n) is 20.2. The molecule has 0 unspecified atom stereocenters. The number of nitrogens with zero attached hydrogens (tertiary/aromatic N) is 2. The molecule has 0 saturated carbocycles. The van der Waals surface area contributed by atoms with Crippen LogP contribution in [-0.2, 0) is 16.0 Å². The molecular formula is C26H35N3O4. The second-order valence-electron chi connectivity index (χ2n) is 8.96. The van der Waals surface area contributed by atoms with Gasteiger partial charge in [-0.05, 0) is 37.6 Å². The number of fused-ring (bicyclic) bond motifs is 1. The topological polar surface area (TPSA) is 71.1 Å². The molecule has 0 radical (unpaired) electrons. The molecule has 33 heavy (non-hydrogen) atoms. The molecule has 7 nitrogen and oxygen atoms in total. The van der Waals surface area contributed by atoms with Crippen molar-refractivity contribution in [3.05, 3.63) is 59.7 Å². The first-order valence-electron chi connectivity index (χ1n) is 11.4. The van der Waals surface area contributed by atoms with Gasteiger partial charge in [-0.2, -0.15) is 0 Å². The first kappa shape index (κ1) is 24.7. The predicted molar refractivity (Wildman–Crippen MR) is 130 cm³/mol. The molecule has 1 aliphatic rings. The Kier molecular flexibility index (Phi) is 8.47. The fourth-order valence-corrected chi connectivity index (χ4v) is 4.02. The number of methoxy groups -OCH3 is 1. The van der Waals surface area contributed by atoms with Gasteiger partial charge < -0.3 is 19.7 Å². The van der Waals surface area contributed by atoms with E-state index < -0.39 is 0 Å². The Labute approximate surface area is 196 Å². The lowest BCUT2D eigenvalue weighted by Crippen LogP contribution is -2.45. The number of amides is 2. The van der Waals surface area contributed by atoms with E-state index in [1.807, 2.05) is 30.3 Å². The molecule has 2 amide bonds. The van der Waals surface area contributed by atoms with Gasteiger partial charge in [-0.3, -0.25) is 14.5 Å². The molecule has 0 spiro atoms. The number of likely N-dealkylation sites (N-methyl/N-ethyl adjacent to an activating group) is 2. The predicted octanol–water partition coefficient (Wildman–Crippen LogP) is 3.30. The third-order valence-electron chi connectivity index (χ3n) is 6.25. The van der Waals surface area contributed by atoms with Gasteiger partial charge in [-0.25, -0.2) is 0 Å². The Bertz CT molecular complexity index is 950. The third-order valence-corrected chi connectivity index (χ3v) is 6.25. The zero-order valence-corrected chi connectivity index (χ0v) is 20.2. The molecule has 178 valence electrons. The van der Waals surface area contributed by atoms with Gasteiger partial charge in [0.25, 0.3) is 5.91 Å². The maximum absolute atomic E-state index is 13.2. The zero-order chi connectivity index (χ0) is 24.0. The Morgan fingerprint density at radius 1 is 1.12 bits per heavy atom. The number of hydrogen-bond acceptors (Lipinski definition) is 5. The van der Waals surface area contributed by atoms with Gasteiger partial charge in [0.05, 0.1) is 18.1 Å². The molecule has 0 fully saturated rings. The highest BCUT2D eigenvalue weighted by Crippen LogP contribution is 2.26. The largest absolute Gasteiger partial charge is 0.491 e. The lowest BCUT2D eigenvalue weighted by atomic mass is 10.0. The highest BCUT2D eigenvalue weighted by atomic mass is 16.5. The molecular weight excluding hydrogens is 418 g/mol. The van der Waals surface area contributed by atoms with E-state index in [0.717, 1.165) is 12.1 Å². The smallest absolute Gasteiger partial charge is 0.257 e. The summed E-state index contributed by atoms with van der Waals surface area (Å²) in [5.74, 6) is 0.455. The Hall–Kier alpha value is -2.90. The van der Waals surface area contributed by atoms with Crippen molar-refractivity contribution in [2.75, 3.05) is 46.2 Å². The number of benzene rings is 2. The first-order valence-corrected chi connectivity index (χ1v) is 11.4. The Morgan fingerprint density at radius 3 is 2.55 bits per heavy atom. The van der Waals surface area contributed by atoms with Crippen LogP contribution in [0.15, 0.2) is 48.5 Å². The van der Waals surface area contributed by atoms with Gasteiger partial charge in [-0.1, -0.05) is 37.3 Å². The molecule has 3 rings (SSSR count). The lowest BCUT2D eigenvalue weighted by Gasteiger charge is -2.34. The number of carbonyl (C=O) groups is 2. The van der Waals surface area contributed by atoms with Crippen molar-refractivity contribution in [1.29, 1.82) is 0 Å². The first-order chi connectivity index (χ1) is 15.8. The summed E-state index contributed by atoms with van der Waals surface area (Å²) in [6.07, 6.45) is 0.202. The summed E-state index contributed by atoms with van der Waals surface area (Å²) >= 11 is 0. The summed E-state index contributed by atoms with van der Waals surface area (Å²) in [7, 11) is 5.54. The van der Waals surface area contributed by atoms with Crippen LogP contribution in [0.25, 0.3) is 0 Å². The van der Waals surface area contributed by atoms with Crippen molar-refractivity contribution < 1.29 is 19.1 Å². The van der Waals surface area contributed by atoms with Crippen molar-refractivity contribution in [2.45, 2.75) is 32.4 Å². The van der Waals surface area contributed by atoms with E-state index in [4.69, 9.17) is 9.47 Å². The molecule has 0 aromatic heterocycles. The molecule has 1 heterocycles. The monoisotopic (exact) mass is 453 g/mol. The van der Waals surface area contributed by atoms with Crippen LogP contribution in [0.5, 0.6) is 5.75 Å². The van der Waals surface area contributed by atoms with E-state index in [9.17, 15) is 9.59 Å². The molecule has 2 aromatic rings. The second kappa shape index (κ2) is 11.3. The van der Waals surface area contributed by atoms with Crippen LogP contribution in [0.1, 0.15) is 29.8 Å². The highest BCUT2D eigenvalue weighted by Gasteiger charge is 2.27. The van der Waals surface area contributed by atoms with Crippen molar-refractivity contribution in [3.63, 3.8) is 0 Å².